The molecule has 5 rings (SSSR count). The number of rotatable bonds is 2. The van der Waals surface area contributed by atoms with E-state index in [9.17, 15) is 4.79 Å². The summed E-state index contributed by atoms with van der Waals surface area (Å²) >= 11 is 6.25. The van der Waals surface area contributed by atoms with Gasteiger partial charge in [0.1, 0.15) is 0 Å². The second-order valence-electron chi connectivity index (χ2n) is 8.56. The summed E-state index contributed by atoms with van der Waals surface area (Å²) in [6.07, 6.45) is 4.95. The molecule has 2 aromatic carbocycles. The number of carbonyl (C=O) groups is 1. The van der Waals surface area contributed by atoms with Crippen LogP contribution in [0.1, 0.15) is 36.8 Å². The number of amides is 2. The molecule has 0 atom stereocenters. The Kier molecular flexibility index (Phi) is 4.37. The molecule has 0 unspecified atom stereocenters. The largest absolute Gasteiger partial charge is 0.326 e. The number of hydrogen-bond acceptors (Lipinski definition) is 2. The Morgan fingerprint density at radius 3 is 2.61 bits per heavy atom. The minimum atomic E-state index is -0.0975. The van der Waals surface area contributed by atoms with Crippen molar-refractivity contribution in [3.63, 3.8) is 0 Å². The number of likely N-dealkylation sites (tertiary alicyclic amines) is 1. The molecule has 4 nitrogen and oxygen atoms in total. The van der Waals surface area contributed by atoms with Crippen LogP contribution in [0.25, 0.3) is 0 Å². The molecular weight excluding hydrogens is 370 g/mol. The number of anilines is 2. The van der Waals surface area contributed by atoms with Crippen LogP contribution in [0.4, 0.5) is 16.2 Å². The first-order valence-electron chi connectivity index (χ1n) is 10.2. The van der Waals surface area contributed by atoms with Crippen LogP contribution in [0, 0.1) is 6.92 Å². The van der Waals surface area contributed by atoms with Crippen LogP contribution in [-0.4, -0.2) is 36.6 Å². The van der Waals surface area contributed by atoms with Crippen molar-refractivity contribution in [2.75, 3.05) is 29.9 Å². The van der Waals surface area contributed by atoms with Gasteiger partial charge in [0, 0.05) is 23.7 Å². The highest BCUT2D eigenvalue weighted by Gasteiger charge is 2.47. The van der Waals surface area contributed by atoms with Gasteiger partial charge in [-0.2, -0.15) is 0 Å². The van der Waals surface area contributed by atoms with Gasteiger partial charge < -0.3 is 10.2 Å². The third-order valence-corrected chi connectivity index (χ3v) is 6.98. The highest BCUT2D eigenvalue weighted by atomic mass is 35.5. The summed E-state index contributed by atoms with van der Waals surface area (Å²) in [7, 11) is 0. The molecule has 28 heavy (non-hydrogen) atoms. The van der Waals surface area contributed by atoms with Crippen LogP contribution in [0.2, 0.25) is 5.02 Å². The highest BCUT2D eigenvalue weighted by Crippen LogP contribution is 2.48. The Morgan fingerprint density at radius 2 is 1.89 bits per heavy atom. The fourth-order valence-corrected chi connectivity index (χ4v) is 5.08. The minimum Gasteiger partial charge on any atom is -0.306 e. The van der Waals surface area contributed by atoms with Crippen LogP contribution in [0.5, 0.6) is 0 Å². The average Bonchev–Trinajstić information content (AvgIpc) is 3.49. The summed E-state index contributed by atoms with van der Waals surface area (Å²) in [6, 6.07) is 14.6. The van der Waals surface area contributed by atoms with Crippen LogP contribution in [-0.2, 0) is 5.41 Å². The van der Waals surface area contributed by atoms with E-state index in [1.54, 1.807) is 6.07 Å². The monoisotopic (exact) mass is 395 g/mol. The molecule has 1 aliphatic carbocycles. The number of benzene rings is 2. The first-order chi connectivity index (χ1) is 13.6. The predicted molar refractivity (Wildman–Crippen MR) is 115 cm³/mol. The molecule has 5 heteroatoms. The number of urea groups is 1. The lowest BCUT2D eigenvalue weighted by molar-refractivity contribution is 0.159. The maximum atomic E-state index is 13.2. The molecule has 0 radical (unpaired) electrons. The van der Waals surface area contributed by atoms with Crippen LogP contribution in [0.15, 0.2) is 42.5 Å². The number of para-hydroxylation sites is 1. The number of aryl methyl sites for hydroxylation is 1. The maximum absolute atomic E-state index is 13.2. The average molecular weight is 396 g/mol. The second kappa shape index (κ2) is 6.78. The molecule has 0 aromatic heterocycles. The van der Waals surface area contributed by atoms with Crippen molar-refractivity contribution in [1.29, 1.82) is 0 Å². The van der Waals surface area contributed by atoms with E-state index in [4.69, 9.17) is 11.6 Å². The zero-order valence-electron chi connectivity index (χ0n) is 16.2. The van der Waals surface area contributed by atoms with Gasteiger partial charge in [-0.05, 0) is 69.5 Å². The van der Waals surface area contributed by atoms with E-state index < -0.39 is 0 Å². The van der Waals surface area contributed by atoms with Gasteiger partial charge in [-0.25, -0.2) is 4.79 Å². The fourth-order valence-electron chi connectivity index (χ4n) is 4.89. The zero-order chi connectivity index (χ0) is 19.3. The Labute approximate surface area is 171 Å². The lowest BCUT2D eigenvalue weighted by atomic mass is 9.74. The van der Waals surface area contributed by atoms with Crippen molar-refractivity contribution < 1.29 is 4.79 Å². The topological polar surface area (TPSA) is 35.6 Å². The van der Waals surface area contributed by atoms with Crippen molar-refractivity contribution in [3.8, 4) is 0 Å². The van der Waals surface area contributed by atoms with E-state index in [-0.39, 0.29) is 11.4 Å². The van der Waals surface area contributed by atoms with Gasteiger partial charge in [0.2, 0.25) is 0 Å². The van der Waals surface area contributed by atoms with E-state index in [1.165, 1.54) is 24.0 Å². The molecule has 2 fully saturated rings. The van der Waals surface area contributed by atoms with Crippen molar-refractivity contribution in [2.45, 2.75) is 44.1 Å². The van der Waals surface area contributed by atoms with E-state index in [0.717, 1.165) is 44.2 Å². The van der Waals surface area contributed by atoms with Gasteiger partial charge in [-0.1, -0.05) is 41.4 Å². The van der Waals surface area contributed by atoms with Crippen LogP contribution >= 0.6 is 11.6 Å². The number of halogens is 1. The Balaban J connectivity index is 1.43. The van der Waals surface area contributed by atoms with Gasteiger partial charge in [0.25, 0.3) is 0 Å². The van der Waals surface area contributed by atoms with Gasteiger partial charge >= 0.3 is 6.03 Å². The second-order valence-corrected chi connectivity index (χ2v) is 8.97. The molecular formula is C23H26ClN3O. The molecule has 146 valence electrons. The smallest absolute Gasteiger partial charge is 0.306 e. The van der Waals surface area contributed by atoms with Gasteiger partial charge in [0.05, 0.1) is 10.7 Å². The zero-order valence-corrected chi connectivity index (χ0v) is 17.0. The number of piperidine rings is 1. The van der Waals surface area contributed by atoms with E-state index in [1.807, 2.05) is 23.1 Å². The molecule has 2 heterocycles. The molecule has 0 bridgehead atoms. The third-order valence-electron chi connectivity index (χ3n) is 6.65. The minimum absolute atomic E-state index is 0.0740. The number of fused-ring (bicyclic) bond motifs is 2. The molecule has 1 saturated carbocycles. The normalized spacial score (nSPS) is 21.0. The van der Waals surface area contributed by atoms with E-state index in [0.29, 0.717) is 10.7 Å². The number of nitrogens with one attached hydrogen (secondary N) is 1. The Hall–Kier alpha value is -2.04. The summed E-state index contributed by atoms with van der Waals surface area (Å²) in [6.45, 7) is 5.16. The van der Waals surface area contributed by atoms with Crippen molar-refractivity contribution >= 4 is 29.0 Å². The number of carbonyl (C=O) groups excluding carboxylic acids is 1. The third kappa shape index (κ3) is 3.09. The Morgan fingerprint density at radius 1 is 1.14 bits per heavy atom. The molecule has 3 aliphatic rings. The molecule has 2 aromatic rings. The van der Waals surface area contributed by atoms with E-state index >= 15 is 0 Å². The van der Waals surface area contributed by atoms with E-state index in [2.05, 4.69) is 35.3 Å². The van der Waals surface area contributed by atoms with Gasteiger partial charge in [-0.15, -0.1) is 0 Å². The molecule has 1 spiro atoms. The Bertz CT molecular complexity index is 916. The maximum Gasteiger partial charge on any atom is 0.326 e. The number of hydrogen-bond donors (Lipinski definition) is 1. The quantitative estimate of drug-likeness (QED) is 0.758. The number of nitrogens with zero attached hydrogens (tertiary/aromatic N) is 2. The SMILES string of the molecule is Cc1ccc2c(c1)C1(CCN(C3CC3)CC1)CN2C(=O)Nc1ccccc1Cl. The van der Waals surface area contributed by atoms with Gasteiger partial charge in [-0.3, -0.25) is 4.90 Å². The molecule has 1 N–H and O–H groups in total. The summed E-state index contributed by atoms with van der Waals surface area (Å²) < 4.78 is 0. The molecule has 1 saturated heterocycles. The van der Waals surface area contributed by atoms with Crippen molar-refractivity contribution in [3.05, 3.63) is 58.6 Å². The first-order valence-corrected chi connectivity index (χ1v) is 10.6. The van der Waals surface area contributed by atoms with Crippen molar-refractivity contribution in [2.24, 2.45) is 0 Å². The van der Waals surface area contributed by atoms with Crippen molar-refractivity contribution in [1.82, 2.24) is 4.90 Å². The van der Waals surface area contributed by atoms with Crippen LogP contribution in [0.3, 0.4) is 0 Å². The summed E-state index contributed by atoms with van der Waals surface area (Å²) in [4.78, 5) is 17.7. The summed E-state index contributed by atoms with van der Waals surface area (Å²) in [5, 5.41) is 3.57. The lowest BCUT2D eigenvalue weighted by Gasteiger charge is -2.40. The summed E-state index contributed by atoms with van der Waals surface area (Å²) in [5.74, 6) is 0. The summed E-state index contributed by atoms with van der Waals surface area (Å²) in [5.41, 5.74) is 4.39. The fraction of sp³-hybridized carbons (Fsp3) is 0.435. The first kappa shape index (κ1) is 18.0. The highest BCUT2D eigenvalue weighted by molar-refractivity contribution is 6.33. The molecule has 2 aliphatic heterocycles. The standard InChI is InChI=1S/C23H26ClN3O/c1-16-6-9-21-18(14-16)23(10-12-26(13-11-23)17-7-8-17)15-27(21)22(28)25-20-5-3-2-4-19(20)24/h2-6,9,14,17H,7-8,10-13,15H2,1H3,(H,25,28). The lowest BCUT2D eigenvalue weighted by Crippen LogP contribution is -2.47. The van der Waals surface area contributed by atoms with Crippen LogP contribution < -0.4 is 10.2 Å². The molecule has 2 amide bonds. The van der Waals surface area contributed by atoms with Gasteiger partial charge in [0.15, 0.2) is 0 Å². The predicted octanol–water partition coefficient (Wildman–Crippen LogP) is 5.20.